The Morgan fingerprint density at radius 3 is 2.67 bits per heavy atom. The zero-order valence-electron chi connectivity index (χ0n) is 14.6. The van der Waals surface area contributed by atoms with Crippen LogP contribution in [0.25, 0.3) is 11.1 Å². The maximum atomic E-state index is 13.9. The number of nitrogens with zero attached hydrogens (tertiary/aromatic N) is 1. The van der Waals surface area contributed by atoms with Crippen LogP contribution in [-0.2, 0) is 9.59 Å². The van der Waals surface area contributed by atoms with Crippen LogP contribution in [0, 0.1) is 11.6 Å². The molecule has 2 amide bonds. The van der Waals surface area contributed by atoms with Gasteiger partial charge in [-0.1, -0.05) is 36.4 Å². The highest BCUT2D eigenvalue weighted by Gasteiger charge is 2.30. The Kier molecular flexibility index (Phi) is 5.81. The largest absolute Gasteiger partial charge is 0.394 e. The van der Waals surface area contributed by atoms with E-state index in [4.69, 9.17) is 0 Å². The van der Waals surface area contributed by atoms with Crippen LogP contribution in [0.2, 0.25) is 0 Å². The summed E-state index contributed by atoms with van der Waals surface area (Å²) in [6.45, 7) is 0.215. The maximum absolute atomic E-state index is 13.9. The third-order valence-electron chi connectivity index (χ3n) is 4.81. The summed E-state index contributed by atoms with van der Waals surface area (Å²) in [4.78, 5) is 24.9. The second-order valence-electron chi connectivity index (χ2n) is 6.47. The lowest BCUT2D eigenvalue weighted by atomic mass is 10.00. The van der Waals surface area contributed by atoms with Crippen LogP contribution >= 0.6 is 0 Å². The van der Waals surface area contributed by atoms with Gasteiger partial charge in [-0.25, -0.2) is 8.78 Å². The van der Waals surface area contributed by atoms with Crippen molar-refractivity contribution < 1.29 is 23.5 Å². The molecule has 7 heteroatoms. The first-order valence-electron chi connectivity index (χ1n) is 8.71. The van der Waals surface area contributed by atoms with E-state index in [9.17, 15) is 23.5 Å². The lowest BCUT2D eigenvalue weighted by Gasteiger charge is -2.23. The number of carbonyl (C=O) groups excluding carboxylic acids is 2. The second-order valence-corrected chi connectivity index (χ2v) is 6.47. The molecule has 2 atom stereocenters. The zero-order valence-corrected chi connectivity index (χ0v) is 14.6. The summed E-state index contributed by atoms with van der Waals surface area (Å²) in [7, 11) is 0. The highest BCUT2D eigenvalue weighted by molar-refractivity contribution is 5.84. The summed E-state index contributed by atoms with van der Waals surface area (Å²) in [5.74, 6) is -2.17. The number of likely N-dealkylation sites (tertiary alicyclic amines) is 1. The quantitative estimate of drug-likeness (QED) is 0.763. The topological polar surface area (TPSA) is 69.6 Å². The molecule has 1 saturated heterocycles. The Balaban J connectivity index is 1.75. The first-order valence-corrected chi connectivity index (χ1v) is 8.71. The summed E-state index contributed by atoms with van der Waals surface area (Å²) < 4.78 is 27.3. The third-order valence-corrected chi connectivity index (χ3v) is 4.81. The van der Waals surface area contributed by atoms with Crippen molar-refractivity contribution in [3.63, 3.8) is 0 Å². The van der Waals surface area contributed by atoms with Gasteiger partial charge in [0.05, 0.1) is 12.6 Å². The SMILES string of the molecule is O=CN1CCCC1C(=O)NC(CO)c1ccc(-c2cccc(F)c2F)cc1. The van der Waals surface area contributed by atoms with Crippen molar-refractivity contribution in [2.45, 2.75) is 24.9 Å². The van der Waals surface area contributed by atoms with Crippen LogP contribution in [-0.4, -0.2) is 41.5 Å². The number of aliphatic hydroxyl groups excluding tert-OH is 1. The van der Waals surface area contributed by atoms with Gasteiger partial charge in [0.2, 0.25) is 12.3 Å². The predicted molar refractivity (Wildman–Crippen MR) is 95.6 cm³/mol. The predicted octanol–water partition coefficient (Wildman–Crippen LogP) is 2.40. The van der Waals surface area contributed by atoms with Gasteiger partial charge in [-0.3, -0.25) is 9.59 Å². The van der Waals surface area contributed by atoms with Gasteiger partial charge < -0.3 is 15.3 Å². The van der Waals surface area contributed by atoms with Gasteiger partial charge in [0.15, 0.2) is 11.6 Å². The summed E-state index contributed by atoms with van der Waals surface area (Å²) in [6.07, 6.45) is 2.00. The minimum absolute atomic E-state index is 0.138. The lowest BCUT2D eigenvalue weighted by molar-refractivity contribution is -0.131. The molecule has 2 N–H and O–H groups in total. The molecule has 142 valence electrons. The fourth-order valence-corrected chi connectivity index (χ4v) is 3.32. The van der Waals surface area contributed by atoms with Crippen molar-refractivity contribution in [2.24, 2.45) is 0 Å². The Labute approximate surface area is 155 Å². The molecule has 0 aliphatic carbocycles. The van der Waals surface area contributed by atoms with Gasteiger partial charge in [0.25, 0.3) is 0 Å². The molecular formula is C20H20F2N2O3. The van der Waals surface area contributed by atoms with E-state index in [-0.39, 0.29) is 18.1 Å². The monoisotopic (exact) mass is 374 g/mol. The van der Waals surface area contributed by atoms with E-state index in [1.54, 1.807) is 24.3 Å². The van der Waals surface area contributed by atoms with E-state index in [2.05, 4.69) is 5.32 Å². The molecule has 2 aromatic rings. The van der Waals surface area contributed by atoms with Crippen LogP contribution in [0.5, 0.6) is 0 Å². The van der Waals surface area contributed by atoms with Gasteiger partial charge in [-0.05, 0) is 30.0 Å². The molecule has 2 aromatic carbocycles. The van der Waals surface area contributed by atoms with E-state index in [0.717, 1.165) is 12.5 Å². The molecular weight excluding hydrogens is 354 g/mol. The highest BCUT2D eigenvalue weighted by Crippen LogP contribution is 2.26. The molecule has 0 saturated carbocycles. The molecule has 0 bridgehead atoms. The van der Waals surface area contributed by atoms with Gasteiger partial charge in [0, 0.05) is 12.1 Å². The first-order chi connectivity index (χ1) is 13.0. The van der Waals surface area contributed by atoms with Crippen molar-refractivity contribution in [2.75, 3.05) is 13.2 Å². The van der Waals surface area contributed by atoms with Crippen LogP contribution in [0.3, 0.4) is 0 Å². The third kappa shape index (κ3) is 3.98. The fraction of sp³-hybridized carbons (Fsp3) is 0.300. The molecule has 0 spiro atoms. The maximum Gasteiger partial charge on any atom is 0.243 e. The highest BCUT2D eigenvalue weighted by atomic mass is 19.2. The van der Waals surface area contributed by atoms with Crippen LogP contribution < -0.4 is 5.32 Å². The molecule has 27 heavy (non-hydrogen) atoms. The molecule has 0 aromatic heterocycles. The van der Waals surface area contributed by atoms with Crippen LogP contribution in [0.15, 0.2) is 42.5 Å². The molecule has 0 radical (unpaired) electrons. The van der Waals surface area contributed by atoms with Gasteiger partial charge >= 0.3 is 0 Å². The number of carbonyl (C=O) groups is 2. The minimum Gasteiger partial charge on any atom is -0.394 e. The number of nitrogens with one attached hydrogen (secondary N) is 1. The standard InChI is InChI=1S/C20H20F2N2O3/c21-16-4-1-3-15(19(16)22)13-6-8-14(9-7-13)17(11-25)23-20(27)18-5-2-10-24(18)12-26/h1,3-4,6-9,12,17-18,25H,2,5,10-11H2,(H,23,27). The van der Waals surface area contributed by atoms with Crippen molar-refractivity contribution in [1.29, 1.82) is 0 Å². The average Bonchev–Trinajstić information content (AvgIpc) is 3.17. The van der Waals surface area contributed by atoms with Crippen molar-refractivity contribution >= 4 is 12.3 Å². The fourth-order valence-electron chi connectivity index (χ4n) is 3.32. The molecule has 1 fully saturated rings. The molecule has 5 nitrogen and oxygen atoms in total. The summed E-state index contributed by atoms with van der Waals surface area (Å²) >= 11 is 0. The van der Waals surface area contributed by atoms with Crippen molar-refractivity contribution in [3.05, 3.63) is 59.7 Å². The number of halogens is 2. The molecule has 2 unspecified atom stereocenters. The lowest BCUT2D eigenvalue weighted by Crippen LogP contribution is -2.44. The second kappa shape index (κ2) is 8.26. The number of aliphatic hydroxyl groups is 1. The zero-order chi connectivity index (χ0) is 19.4. The smallest absolute Gasteiger partial charge is 0.243 e. The summed E-state index contributed by atoms with van der Waals surface area (Å²) in [6, 6.07) is 9.28. The number of rotatable bonds is 6. The average molecular weight is 374 g/mol. The van der Waals surface area contributed by atoms with E-state index in [0.29, 0.717) is 30.5 Å². The first kappa shape index (κ1) is 19.0. The van der Waals surface area contributed by atoms with E-state index in [1.165, 1.54) is 17.0 Å². The number of hydrogen-bond acceptors (Lipinski definition) is 3. The molecule has 1 heterocycles. The molecule has 1 aliphatic rings. The van der Waals surface area contributed by atoms with Gasteiger partial charge in [-0.15, -0.1) is 0 Å². The Hall–Kier alpha value is -2.80. The Bertz CT molecular complexity index is 826. The van der Waals surface area contributed by atoms with Gasteiger partial charge in [0.1, 0.15) is 6.04 Å². The van der Waals surface area contributed by atoms with Gasteiger partial charge in [-0.2, -0.15) is 0 Å². The summed E-state index contributed by atoms with van der Waals surface area (Å²) in [5, 5.41) is 12.4. The van der Waals surface area contributed by atoms with Crippen molar-refractivity contribution in [1.82, 2.24) is 10.2 Å². The normalized spacial score (nSPS) is 17.6. The van der Waals surface area contributed by atoms with E-state index >= 15 is 0 Å². The number of hydrogen-bond donors (Lipinski definition) is 2. The van der Waals surface area contributed by atoms with Crippen molar-refractivity contribution in [3.8, 4) is 11.1 Å². The van der Waals surface area contributed by atoms with E-state index in [1.807, 2.05) is 0 Å². The number of amides is 2. The summed E-state index contributed by atoms with van der Waals surface area (Å²) in [5.41, 5.74) is 1.25. The Morgan fingerprint density at radius 2 is 2.00 bits per heavy atom. The number of benzene rings is 2. The van der Waals surface area contributed by atoms with Crippen LogP contribution in [0.4, 0.5) is 8.78 Å². The molecule has 1 aliphatic heterocycles. The Morgan fingerprint density at radius 1 is 1.26 bits per heavy atom. The minimum atomic E-state index is -0.924. The van der Waals surface area contributed by atoms with E-state index < -0.39 is 23.7 Å². The molecule has 3 rings (SSSR count). The van der Waals surface area contributed by atoms with Crippen LogP contribution in [0.1, 0.15) is 24.4 Å².